The molecule has 6 nitrogen and oxygen atoms in total. The van der Waals surface area contributed by atoms with Gasteiger partial charge in [-0.05, 0) is 6.07 Å². The van der Waals surface area contributed by atoms with Gasteiger partial charge in [0.2, 0.25) is 0 Å². The van der Waals surface area contributed by atoms with Gasteiger partial charge in [-0.2, -0.15) is 0 Å². The monoisotopic (exact) mass is 195 g/mol. The Morgan fingerprint density at radius 3 is 2.71 bits per heavy atom. The van der Waals surface area contributed by atoms with Gasteiger partial charge in [0.15, 0.2) is 5.82 Å². The van der Waals surface area contributed by atoms with Crippen LogP contribution in [0.5, 0.6) is 0 Å². The molecule has 0 fully saturated rings. The number of hydrogen-bond acceptors (Lipinski definition) is 5. The molecule has 1 aromatic rings. The smallest absolute Gasteiger partial charge is 0.252 e. The zero-order valence-electron chi connectivity index (χ0n) is 8.11. The van der Waals surface area contributed by atoms with Gasteiger partial charge >= 0.3 is 0 Å². The van der Waals surface area contributed by atoms with Gasteiger partial charge < -0.3 is 16.9 Å². The molecule has 1 heterocycles. The Kier molecular flexibility index (Phi) is 2.88. The van der Waals surface area contributed by atoms with E-state index in [0.717, 1.165) is 0 Å². The summed E-state index contributed by atoms with van der Waals surface area (Å²) in [5, 5.41) is 1.66. The van der Waals surface area contributed by atoms with Crippen molar-refractivity contribution in [2.75, 3.05) is 25.3 Å². The normalized spacial score (nSPS) is 10.2. The molecule has 0 spiro atoms. The number of pyridine rings is 1. The van der Waals surface area contributed by atoms with E-state index in [4.69, 9.17) is 11.5 Å². The minimum absolute atomic E-state index is 0.277. The lowest BCUT2D eigenvalue weighted by atomic mass is 10.2. The van der Waals surface area contributed by atoms with E-state index in [0.29, 0.717) is 11.5 Å². The van der Waals surface area contributed by atoms with Gasteiger partial charge in [-0.1, -0.05) is 0 Å². The fourth-order valence-corrected chi connectivity index (χ4v) is 0.970. The molecule has 0 aliphatic rings. The standard InChI is InChI=1S/C8H13N5O/c1-13(2)12-8-6(7(10)14)3-5(9)4-11-8/h3-4H,9H2,1-2H3,(H2,10,14)(H,11,12). The summed E-state index contributed by atoms with van der Waals surface area (Å²) >= 11 is 0. The van der Waals surface area contributed by atoms with Gasteiger partial charge in [0.05, 0.1) is 17.4 Å². The highest BCUT2D eigenvalue weighted by Gasteiger charge is 2.10. The highest BCUT2D eigenvalue weighted by Crippen LogP contribution is 2.14. The lowest BCUT2D eigenvalue weighted by Crippen LogP contribution is -2.24. The SMILES string of the molecule is CN(C)Nc1ncc(N)cc1C(N)=O. The Hall–Kier alpha value is -1.82. The number of hydrogen-bond donors (Lipinski definition) is 3. The lowest BCUT2D eigenvalue weighted by molar-refractivity contribution is 0.100. The number of nitrogens with one attached hydrogen (secondary N) is 1. The third-order valence-corrected chi connectivity index (χ3v) is 1.50. The van der Waals surface area contributed by atoms with Gasteiger partial charge in [0, 0.05) is 14.1 Å². The fraction of sp³-hybridized carbons (Fsp3) is 0.250. The zero-order valence-corrected chi connectivity index (χ0v) is 8.11. The Labute approximate surface area is 81.9 Å². The van der Waals surface area contributed by atoms with E-state index in [9.17, 15) is 4.79 Å². The molecular weight excluding hydrogens is 182 g/mol. The molecule has 0 bridgehead atoms. The zero-order chi connectivity index (χ0) is 10.7. The fourth-order valence-electron chi connectivity index (χ4n) is 0.970. The maximum atomic E-state index is 11.0. The van der Waals surface area contributed by atoms with Crippen LogP contribution >= 0.6 is 0 Å². The van der Waals surface area contributed by atoms with E-state index >= 15 is 0 Å². The number of nitrogens with zero attached hydrogens (tertiary/aromatic N) is 2. The first-order valence-corrected chi connectivity index (χ1v) is 4.00. The molecule has 1 aromatic heterocycles. The molecule has 5 N–H and O–H groups in total. The molecule has 0 aliphatic carbocycles. The maximum Gasteiger partial charge on any atom is 0.252 e. The Balaban J connectivity index is 3.08. The van der Waals surface area contributed by atoms with Crippen LogP contribution in [0.4, 0.5) is 11.5 Å². The van der Waals surface area contributed by atoms with E-state index in [1.807, 2.05) is 0 Å². The van der Waals surface area contributed by atoms with Crippen LogP contribution in [0.3, 0.4) is 0 Å². The Morgan fingerprint density at radius 1 is 1.57 bits per heavy atom. The van der Waals surface area contributed by atoms with Crippen LogP contribution in [0, 0.1) is 0 Å². The van der Waals surface area contributed by atoms with Crippen LogP contribution in [0.25, 0.3) is 0 Å². The topological polar surface area (TPSA) is 97.3 Å². The summed E-state index contributed by atoms with van der Waals surface area (Å²) < 4.78 is 0. The van der Waals surface area contributed by atoms with Gasteiger partial charge in [-0.3, -0.25) is 4.79 Å². The van der Waals surface area contributed by atoms with Crippen molar-refractivity contribution in [1.82, 2.24) is 9.99 Å². The third kappa shape index (κ3) is 2.33. The largest absolute Gasteiger partial charge is 0.397 e. The Morgan fingerprint density at radius 2 is 2.21 bits per heavy atom. The molecule has 0 saturated carbocycles. The van der Waals surface area contributed by atoms with Crippen molar-refractivity contribution in [2.24, 2.45) is 5.73 Å². The van der Waals surface area contributed by atoms with Crippen molar-refractivity contribution in [3.05, 3.63) is 17.8 Å². The maximum absolute atomic E-state index is 11.0. The number of carbonyl (C=O) groups excluding carboxylic acids is 1. The number of hydrazine groups is 1. The van der Waals surface area contributed by atoms with E-state index in [-0.39, 0.29) is 5.56 Å². The molecule has 1 amide bonds. The molecule has 0 unspecified atom stereocenters. The molecule has 0 aliphatic heterocycles. The Bertz CT molecular complexity index is 350. The molecule has 1 rings (SSSR count). The predicted octanol–water partition coefficient (Wildman–Crippen LogP) is -0.349. The summed E-state index contributed by atoms with van der Waals surface area (Å²) in [6.45, 7) is 0. The van der Waals surface area contributed by atoms with Crippen molar-refractivity contribution >= 4 is 17.4 Å². The van der Waals surface area contributed by atoms with Gasteiger partial charge in [0.25, 0.3) is 5.91 Å². The average Bonchev–Trinajstić information content (AvgIpc) is 2.07. The highest BCUT2D eigenvalue weighted by atomic mass is 16.1. The lowest BCUT2D eigenvalue weighted by Gasteiger charge is -2.14. The van der Waals surface area contributed by atoms with Crippen molar-refractivity contribution in [3.63, 3.8) is 0 Å². The summed E-state index contributed by atoms with van der Waals surface area (Å²) in [5.41, 5.74) is 14.2. The molecule has 0 saturated heterocycles. The number of rotatable bonds is 3. The van der Waals surface area contributed by atoms with E-state index < -0.39 is 5.91 Å². The van der Waals surface area contributed by atoms with Crippen LogP contribution in [0.1, 0.15) is 10.4 Å². The van der Waals surface area contributed by atoms with Crippen LogP contribution in [-0.2, 0) is 0 Å². The number of anilines is 2. The van der Waals surface area contributed by atoms with Gasteiger partial charge in [-0.15, -0.1) is 0 Å². The second-order valence-electron chi connectivity index (χ2n) is 3.04. The molecular formula is C8H13N5O. The van der Waals surface area contributed by atoms with E-state index in [1.165, 1.54) is 12.3 Å². The summed E-state index contributed by atoms with van der Waals surface area (Å²) in [6, 6.07) is 1.49. The minimum atomic E-state index is -0.561. The molecule has 6 heteroatoms. The first kappa shape index (κ1) is 10.3. The van der Waals surface area contributed by atoms with Crippen molar-refractivity contribution in [1.29, 1.82) is 0 Å². The number of amides is 1. The van der Waals surface area contributed by atoms with Crippen molar-refractivity contribution in [3.8, 4) is 0 Å². The quantitative estimate of drug-likeness (QED) is 0.573. The molecule has 76 valence electrons. The number of aromatic nitrogens is 1. The summed E-state index contributed by atoms with van der Waals surface area (Å²) in [7, 11) is 3.56. The molecule has 14 heavy (non-hydrogen) atoms. The predicted molar refractivity (Wildman–Crippen MR) is 54.5 cm³/mol. The van der Waals surface area contributed by atoms with Crippen LogP contribution < -0.4 is 16.9 Å². The summed E-state index contributed by atoms with van der Waals surface area (Å²) in [6.07, 6.45) is 1.46. The first-order chi connectivity index (χ1) is 6.50. The first-order valence-electron chi connectivity index (χ1n) is 4.00. The molecule has 0 atom stereocenters. The van der Waals surface area contributed by atoms with Gasteiger partial charge in [0.1, 0.15) is 0 Å². The second kappa shape index (κ2) is 3.93. The van der Waals surface area contributed by atoms with Gasteiger partial charge in [-0.25, -0.2) is 9.99 Å². The van der Waals surface area contributed by atoms with E-state index in [1.54, 1.807) is 19.1 Å². The number of nitrogen functional groups attached to an aromatic ring is 1. The average molecular weight is 195 g/mol. The van der Waals surface area contributed by atoms with Crippen molar-refractivity contribution in [2.45, 2.75) is 0 Å². The molecule has 0 radical (unpaired) electrons. The number of nitrogens with two attached hydrogens (primary N) is 2. The number of primary amides is 1. The van der Waals surface area contributed by atoms with Crippen molar-refractivity contribution < 1.29 is 4.79 Å². The van der Waals surface area contributed by atoms with E-state index in [2.05, 4.69) is 10.4 Å². The second-order valence-corrected chi connectivity index (χ2v) is 3.04. The highest BCUT2D eigenvalue weighted by molar-refractivity contribution is 5.98. The number of carbonyl (C=O) groups is 1. The van der Waals surface area contributed by atoms with Crippen LogP contribution in [0.15, 0.2) is 12.3 Å². The van der Waals surface area contributed by atoms with Crippen LogP contribution in [0.2, 0.25) is 0 Å². The summed E-state index contributed by atoms with van der Waals surface area (Å²) in [5.74, 6) is -0.161. The minimum Gasteiger partial charge on any atom is -0.397 e. The van der Waals surface area contributed by atoms with Crippen LogP contribution in [-0.4, -0.2) is 30.0 Å². The molecule has 0 aromatic carbocycles. The third-order valence-electron chi connectivity index (χ3n) is 1.50. The summed E-state index contributed by atoms with van der Waals surface area (Å²) in [4.78, 5) is 15.0.